The molecule has 0 aliphatic rings. The standard InChI is InChI=1S/C17H25NO4/c1-7-18(8-2)16(20)17(3,4)12-9-10-13(15(19)22-6)14(11-12)21-5/h9-11H,7-8H2,1-6H3. The van der Waals surface area contributed by atoms with Gasteiger partial charge in [0.2, 0.25) is 5.91 Å². The molecule has 0 radical (unpaired) electrons. The van der Waals surface area contributed by atoms with Crippen molar-refractivity contribution in [3.8, 4) is 5.75 Å². The zero-order valence-electron chi connectivity index (χ0n) is 14.2. The third kappa shape index (κ3) is 3.40. The van der Waals surface area contributed by atoms with E-state index < -0.39 is 11.4 Å². The van der Waals surface area contributed by atoms with Gasteiger partial charge in [-0.25, -0.2) is 4.79 Å². The van der Waals surface area contributed by atoms with Crippen LogP contribution in [0.2, 0.25) is 0 Å². The van der Waals surface area contributed by atoms with E-state index in [1.165, 1.54) is 14.2 Å². The molecule has 1 amide bonds. The van der Waals surface area contributed by atoms with Crippen LogP contribution in [0.3, 0.4) is 0 Å². The third-order valence-corrected chi connectivity index (χ3v) is 3.91. The van der Waals surface area contributed by atoms with Gasteiger partial charge in [0, 0.05) is 13.1 Å². The van der Waals surface area contributed by atoms with Gasteiger partial charge in [0.25, 0.3) is 0 Å². The number of ether oxygens (including phenoxy) is 2. The van der Waals surface area contributed by atoms with E-state index in [-0.39, 0.29) is 5.91 Å². The van der Waals surface area contributed by atoms with Gasteiger partial charge in [-0.2, -0.15) is 0 Å². The minimum Gasteiger partial charge on any atom is -0.496 e. The Bertz CT molecular complexity index is 548. The molecule has 0 spiro atoms. The maximum Gasteiger partial charge on any atom is 0.341 e. The molecule has 0 bridgehead atoms. The van der Waals surface area contributed by atoms with E-state index in [1.54, 1.807) is 23.1 Å². The molecule has 5 heteroatoms. The summed E-state index contributed by atoms with van der Waals surface area (Å²) >= 11 is 0. The van der Waals surface area contributed by atoms with Crippen LogP contribution in [-0.2, 0) is 14.9 Å². The third-order valence-electron chi connectivity index (χ3n) is 3.91. The SMILES string of the molecule is CCN(CC)C(=O)C(C)(C)c1ccc(C(=O)OC)c(OC)c1. The Hall–Kier alpha value is -2.04. The van der Waals surface area contributed by atoms with Crippen LogP contribution < -0.4 is 4.74 Å². The summed E-state index contributed by atoms with van der Waals surface area (Å²) in [6.45, 7) is 8.99. The van der Waals surface area contributed by atoms with Crippen molar-refractivity contribution < 1.29 is 19.1 Å². The predicted octanol–water partition coefficient (Wildman–Crippen LogP) is 2.63. The molecule has 1 aromatic carbocycles. The molecule has 1 rings (SSSR count). The van der Waals surface area contributed by atoms with Crippen molar-refractivity contribution in [3.63, 3.8) is 0 Å². The summed E-state index contributed by atoms with van der Waals surface area (Å²) in [5.74, 6) is -0.00795. The molecule has 5 nitrogen and oxygen atoms in total. The van der Waals surface area contributed by atoms with Crippen LogP contribution in [0.15, 0.2) is 18.2 Å². The summed E-state index contributed by atoms with van der Waals surface area (Å²) in [6, 6.07) is 5.14. The second-order valence-electron chi connectivity index (χ2n) is 5.51. The first-order valence-corrected chi connectivity index (χ1v) is 7.39. The zero-order valence-corrected chi connectivity index (χ0v) is 14.2. The first-order chi connectivity index (χ1) is 10.3. The van der Waals surface area contributed by atoms with Gasteiger partial charge < -0.3 is 14.4 Å². The van der Waals surface area contributed by atoms with E-state index in [1.807, 2.05) is 27.7 Å². The summed E-state index contributed by atoms with van der Waals surface area (Å²) < 4.78 is 10.0. The molecule has 0 saturated heterocycles. The van der Waals surface area contributed by atoms with Crippen molar-refractivity contribution in [1.82, 2.24) is 4.90 Å². The number of methoxy groups -OCH3 is 2. The molecule has 0 unspecified atom stereocenters. The number of rotatable bonds is 6. The van der Waals surface area contributed by atoms with Crippen molar-refractivity contribution >= 4 is 11.9 Å². The van der Waals surface area contributed by atoms with Gasteiger partial charge in [-0.15, -0.1) is 0 Å². The molecule has 22 heavy (non-hydrogen) atoms. The monoisotopic (exact) mass is 307 g/mol. The molecular weight excluding hydrogens is 282 g/mol. The van der Waals surface area contributed by atoms with Gasteiger partial charge >= 0.3 is 5.97 Å². The Morgan fingerprint density at radius 2 is 1.73 bits per heavy atom. The highest BCUT2D eigenvalue weighted by atomic mass is 16.5. The van der Waals surface area contributed by atoms with Crippen LogP contribution in [-0.4, -0.2) is 44.1 Å². The molecule has 0 aliphatic heterocycles. The number of esters is 1. The van der Waals surface area contributed by atoms with Crippen molar-refractivity contribution in [2.75, 3.05) is 27.3 Å². The maximum atomic E-state index is 12.7. The molecular formula is C17H25NO4. The summed E-state index contributed by atoms with van der Waals surface area (Å²) in [6.07, 6.45) is 0. The van der Waals surface area contributed by atoms with Crippen LogP contribution in [0.5, 0.6) is 5.75 Å². The normalized spacial score (nSPS) is 11.0. The lowest BCUT2D eigenvalue weighted by molar-refractivity contribution is -0.135. The highest BCUT2D eigenvalue weighted by Crippen LogP contribution is 2.31. The van der Waals surface area contributed by atoms with E-state index in [4.69, 9.17) is 9.47 Å². The quantitative estimate of drug-likeness (QED) is 0.758. The van der Waals surface area contributed by atoms with Crippen LogP contribution in [0.25, 0.3) is 0 Å². The molecule has 0 fully saturated rings. The van der Waals surface area contributed by atoms with E-state index in [0.29, 0.717) is 24.4 Å². The molecule has 0 aliphatic carbocycles. The fourth-order valence-corrected chi connectivity index (χ4v) is 2.39. The van der Waals surface area contributed by atoms with Crippen LogP contribution >= 0.6 is 0 Å². The number of nitrogens with zero attached hydrogens (tertiary/aromatic N) is 1. The van der Waals surface area contributed by atoms with Gasteiger partial charge in [-0.3, -0.25) is 4.79 Å². The maximum absolute atomic E-state index is 12.7. The smallest absolute Gasteiger partial charge is 0.341 e. The summed E-state index contributed by atoms with van der Waals surface area (Å²) in [5.41, 5.74) is 0.447. The van der Waals surface area contributed by atoms with E-state index in [2.05, 4.69) is 0 Å². The van der Waals surface area contributed by atoms with Crippen molar-refractivity contribution in [3.05, 3.63) is 29.3 Å². The summed E-state index contributed by atoms with van der Waals surface area (Å²) in [4.78, 5) is 26.2. The molecule has 0 aromatic heterocycles. The lowest BCUT2D eigenvalue weighted by Gasteiger charge is -2.31. The van der Waals surface area contributed by atoms with Crippen molar-refractivity contribution in [2.45, 2.75) is 33.1 Å². The molecule has 0 heterocycles. The largest absolute Gasteiger partial charge is 0.496 e. The number of benzene rings is 1. The first kappa shape index (κ1) is 18.0. The lowest BCUT2D eigenvalue weighted by Crippen LogP contribution is -2.43. The van der Waals surface area contributed by atoms with Gasteiger partial charge in [0.05, 0.1) is 19.6 Å². The Labute approximate surface area is 132 Å². The minimum absolute atomic E-state index is 0.0466. The number of hydrogen-bond acceptors (Lipinski definition) is 4. The van der Waals surface area contributed by atoms with E-state index in [0.717, 1.165) is 5.56 Å². The molecule has 1 aromatic rings. The fourth-order valence-electron chi connectivity index (χ4n) is 2.39. The predicted molar refractivity (Wildman–Crippen MR) is 85.3 cm³/mol. The number of hydrogen-bond donors (Lipinski definition) is 0. The Balaban J connectivity index is 3.26. The Morgan fingerprint density at radius 3 is 2.18 bits per heavy atom. The summed E-state index contributed by atoms with van der Waals surface area (Å²) in [7, 11) is 2.81. The number of likely N-dealkylation sites (N-methyl/N-ethyl adjacent to an activating group) is 1. The zero-order chi connectivity index (χ0) is 16.9. The minimum atomic E-state index is -0.700. The second kappa shape index (κ2) is 7.29. The first-order valence-electron chi connectivity index (χ1n) is 7.39. The van der Waals surface area contributed by atoms with Crippen LogP contribution in [0.4, 0.5) is 0 Å². The average molecular weight is 307 g/mol. The Morgan fingerprint density at radius 1 is 1.14 bits per heavy atom. The fraction of sp³-hybridized carbons (Fsp3) is 0.529. The van der Waals surface area contributed by atoms with Gasteiger partial charge in [-0.05, 0) is 45.4 Å². The molecule has 122 valence electrons. The summed E-state index contributed by atoms with van der Waals surface area (Å²) in [5, 5.41) is 0. The highest BCUT2D eigenvalue weighted by Gasteiger charge is 2.33. The van der Waals surface area contributed by atoms with Gasteiger partial charge in [0.1, 0.15) is 11.3 Å². The molecule has 0 N–H and O–H groups in total. The van der Waals surface area contributed by atoms with Crippen molar-refractivity contribution in [2.24, 2.45) is 0 Å². The number of amides is 1. The van der Waals surface area contributed by atoms with Gasteiger partial charge in [0.15, 0.2) is 0 Å². The average Bonchev–Trinajstić information content (AvgIpc) is 2.54. The lowest BCUT2D eigenvalue weighted by atomic mass is 9.82. The van der Waals surface area contributed by atoms with E-state index >= 15 is 0 Å². The van der Waals surface area contributed by atoms with Crippen LogP contribution in [0.1, 0.15) is 43.6 Å². The van der Waals surface area contributed by atoms with E-state index in [9.17, 15) is 9.59 Å². The molecule has 0 atom stereocenters. The molecule has 0 saturated carbocycles. The Kier molecular flexibility index (Phi) is 5.97. The second-order valence-corrected chi connectivity index (χ2v) is 5.51. The van der Waals surface area contributed by atoms with Gasteiger partial charge in [-0.1, -0.05) is 6.07 Å². The highest BCUT2D eigenvalue weighted by molar-refractivity contribution is 5.93. The topological polar surface area (TPSA) is 55.8 Å². The van der Waals surface area contributed by atoms with Crippen LogP contribution in [0, 0.1) is 0 Å². The number of carbonyl (C=O) groups excluding carboxylic acids is 2. The number of carbonyl (C=O) groups is 2. The van der Waals surface area contributed by atoms with Crippen molar-refractivity contribution in [1.29, 1.82) is 0 Å².